The summed E-state index contributed by atoms with van der Waals surface area (Å²) in [5, 5.41) is 6.66. The van der Waals surface area contributed by atoms with Gasteiger partial charge in [-0.1, -0.05) is 12.1 Å². The fourth-order valence-corrected chi connectivity index (χ4v) is 2.56. The molecule has 28 heavy (non-hydrogen) atoms. The minimum absolute atomic E-state index is 0. The normalized spacial score (nSPS) is 12.4. The van der Waals surface area contributed by atoms with Gasteiger partial charge in [-0.05, 0) is 45.1 Å². The van der Waals surface area contributed by atoms with Gasteiger partial charge in [-0.25, -0.2) is 0 Å². The summed E-state index contributed by atoms with van der Waals surface area (Å²) in [5.41, 5.74) is 1.19. The second kappa shape index (κ2) is 16.8. The number of rotatable bonds is 13. The lowest BCUT2D eigenvalue weighted by atomic mass is 10.1. The molecule has 0 aromatic heterocycles. The van der Waals surface area contributed by atoms with Crippen LogP contribution in [0.3, 0.4) is 0 Å². The quantitative estimate of drug-likeness (QED) is 0.185. The summed E-state index contributed by atoms with van der Waals surface area (Å²) < 4.78 is 15.8. The molecule has 0 aliphatic rings. The fraction of sp³-hybridized carbons (Fsp3) is 0.650. The van der Waals surface area contributed by atoms with E-state index in [1.165, 1.54) is 5.56 Å². The number of nitrogens with one attached hydrogen (secondary N) is 2. The molecule has 1 aromatic carbocycles. The van der Waals surface area contributed by atoms with E-state index in [1.54, 1.807) is 14.2 Å². The van der Waals surface area contributed by atoms with Crippen LogP contribution in [0.25, 0.3) is 0 Å². The monoisotopic (exact) mass is 508 g/mol. The Hall–Kier alpha value is -1.10. The summed E-state index contributed by atoms with van der Waals surface area (Å²) in [5.74, 6) is 1.69. The minimum Gasteiger partial charge on any atom is -0.497 e. The summed E-state index contributed by atoms with van der Waals surface area (Å²) in [4.78, 5) is 6.94. The standard InChI is InChI=1S/C20H36N4O3.HI/c1-6-21-20(22-11-8-12-27-14-13-25-4)23-16-19(24(2)3)17-9-7-10-18(15-17)26-5;/h7,9-10,15,19H,6,8,11-14,16H2,1-5H3,(H2,21,22,23);1H. The number of likely N-dealkylation sites (N-methyl/N-ethyl adjacent to an activating group) is 1. The molecule has 1 rings (SSSR count). The lowest BCUT2D eigenvalue weighted by Gasteiger charge is -2.24. The molecule has 0 saturated heterocycles. The summed E-state index contributed by atoms with van der Waals surface area (Å²) in [6.07, 6.45) is 0.918. The zero-order valence-corrected chi connectivity index (χ0v) is 20.2. The van der Waals surface area contributed by atoms with Crippen molar-refractivity contribution >= 4 is 29.9 Å². The highest BCUT2D eigenvalue weighted by Gasteiger charge is 2.14. The Morgan fingerprint density at radius 2 is 1.93 bits per heavy atom. The summed E-state index contributed by atoms with van der Waals surface area (Å²) in [6, 6.07) is 8.33. The number of hydrogen-bond donors (Lipinski definition) is 2. The average Bonchev–Trinajstić information content (AvgIpc) is 2.67. The van der Waals surface area contributed by atoms with Crippen LogP contribution in [0.15, 0.2) is 29.3 Å². The van der Waals surface area contributed by atoms with Gasteiger partial charge in [0.2, 0.25) is 0 Å². The summed E-state index contributed by atoms with van der Waals surface area (Å²) >= 11 is 0. The number of hydrogen-bond acceptors (Lipinski definition) is 5. The summed E-state index contributed by atoms with van der Waals surface area (Å²) in [7, 11) is 7.50. The maximum atomic E-state index is 5.48. The van der Waals surface area contributed by atoms with E-state index in [0.29, 0.717) is 26.4 Å². The van der Waals surface area contributed by atoms with Gasteiger partial charge in [0.25, 0.3) is 0 Å². The molecule has 0 bridgehead atoms. The van der Waals surface area contributed by atoms with E-state index in [-0.39, 0.29) is 30.0 Å². The van der Waals surface area contributed by atoms with Crippen molar-refractivity contribution in [2.45, 2.75) is 19.4 Å². The van der Waals surface area contributed by atoms with Gasteiger partial charge in [-0.3, -0.25) is 4.99 Å². The molecule has 1 atom stereocenters. The van der Waals surface area contributed by atoms with E-state index < -0.39 is 0 Å². The topological polar surface area (TPSA) is 67.4 Å². The SMILES string of the molecule is CCNC(=NCC(c1cccc(OC)c1)N(C)C)NCCCOCCOC.I. The van der Waals surface area contributed by atoms with E-state index in [0.717, 1.165) is 31.2 Å². The van der Waals surface area contributed by atoms with Crippen molar-refractivity contribution in [3.05, 3.63) is 29.8 Å². The summed E-state index contributed by atoms with van der Waals surface area (Å²) in [6.45, 7) is 6.33. The van der Waals surface area contributed by atoms with Crippen LogP contribution < -0.4 is 15.4 Å². The highest BCUT2D eigenvalue weighted by molar-refractivity contribution is 14.0. The predicted molar refractivity (Wildman–Crippen MR) is 126 cm³/mol. The smallest absolute Gasteiger partial charge is 0.191 e. The van der Waals surface area contributed by atoms with Crippen molar-refractivity contribution in [3.63, 3.8) is 0 Å². The second-order valence-electron chi connectivity index (χ2n) is 6.36. The van der Waals surface area contributed by atoms with Crippen molar-refractivity contribution in [2.24, 2.45) is 4.99 Å². The molecule has 7 nitrogen and oxygen atoms in total. The first kappa shape index (κ1) is 26.9. The predicted octanol–water partition coefficient (Wildman–Crippen LogP) is 2.52. The maximum absolute atomic E-state index is 5.48. The molecule has 1 aromatic rings. The second-order valence-corrected chi connectivity index (χ2v) is 6.36. The first-order valence-corrected chi connectivity index (χ1v) is 9.51. The van der Waals surface area contributed by atoms with Crippen LogP contribution >= 0.6 is 24.0 Å². The zero-order valence-electron chi connectivity index (χ0n) is 17.9. The van der Waals surface area contributed by atoms with Crippen molar-refractivity contribution in [1.82, 2.24) is 15.5 Å². The molecular formula is C20H37IN4O3. The van der Waals surface area contributed by atoms with Crippen LogP contribution in [0.5, 0.6) is 5.75 Å². The van der Waals surface area contributed by atoms with Crippen molar-refractivity contribution in [3.8, 4) is 5.75 Å². The highest BCUT2D eigenvalue weighted by Crippen LogP contribution is 2.22. The largest absolute Gasteiger partial charge is 0.497 e. The molecule has 0 heterocycles. The first-order valence-electron chi connectivity index (χ1n) is 9.51. The molecule has 0 radical (unpaired) electrons. The third-order valence-corrected chi connectivity index (χ3v) is 4.06. The number of halogens is 1. The van der Waals surface area contributed by atoms with Crippen LogP contribution in [0.1, 0.15) is 24.9 Å². The number of methoxy groups -OCH3 is 2. The number of aliphatic imine (C=N–C) groups is 1. The third kappa shape index (κ3) is 11.0. The lowest BCUT2D eigenvalue weighted by molar-refractivity contribution is 0.0698. The Kier molecular flexibility index (Phi) is 16.2. The van der Waals surface area contributed by atoms with Gasteiger partial charge >= 0.3 is 0 Å². The molecular weight excluding hydrogens is 471 g/mol. The lowest BCUT2D eigenvalue weighted by Crippen LogP contribution is -2.38. The van der Waals surface area contributed by atoms with E-state index >= 15 is 0 Å². The van der Waals surface area contributed by atoms with Gasteiger partial charge < -0.3 is 29.7 Å². The van der Waals surface area contributed by atoms with Crippen molar-refractivity contribution in [2.75, 3.05) is 67.8 Å². The maximum Gasteiger partial charge on any atom is 0.191 e. The molecule has 0 fully saturated rings. The highest BCUT2D eigenvalue weighted by atomic mass is 127. The van der Waals surface area contributed by atoms with Crippen molar-refractivity contribution in [1.29, 1.82) is 0 Å². The van der Waals surface area contributed by atoms with Crippen LogP contribution in [0, 0.1) is 0 Å². The molecule has 0 aliphatic heterocycles. The molecule has 0 aliphatic carbocycles. The number of ether oxygens (including phenoxy) is 3. The van der Waals surface area contributed by atoms with E-state index in [4.69, 9.17) is 19.2 Å². The van der Waals surface area contributed by atoms with Gasteiger partial charge in [-0.2, -0.15) is 0 Å². The number of guanidine groups is 1. The Morgan fingerprint density at radius 1 is 1.14 bits per heavy atom. The molecule has 0 spiro atoms. The minimum atomic E-state index is 0. The van der Waals surface area contributed by atoms with Gasteiger partial charge in [-0.15, -0.1) is 24.0 Å². The van der Waals surface area contributed by atoms with Gasteiger partial charge in [0.05, 0.1) is 32.9 Å². The number of benzene rings is 1. The van der Waals surface area contributed by atoms with Gasteiger partial charge in [0.1, 0.15) is 5.75 Å². The van der Waals surface area contributed by atoms with Gasteiger partial charge in [0, 0.05) is 26.8 Å². The van der Waals surface area contributed by atoms with E-state index in [9.17, 15) is 0 Å². The first-order chi connectivity index (χ1) is 13.1. The molecule has 0 amide bonds. The molecule has 8 heteroatoms. The van der Waals surface area contributed by atoms with Gasteiger partial charge in [0.15, 0.2) is 5.96 Å². The van der Waals surface area contributed by atoms with Crippen LogP contribution in [0.2, 0.25) is 0 Å². The molecule has 0 saturated carbocycles. The van der Waals surface area contributed by atoms with Crippen LogP contribution in [-0.2, 0) is 9.47 Å². The zero-order chi connectivity index (χ0) is 19.9. The Morgan fingerprint density at radius 3 is 2.57 bits per heavy atom. The average molecular weight is 508 g/mol. The third-order valence-electron chi connectivity index (χ3n) is 4.06. The Labute approximate surface area is 187 Å². The Balaban J connectivity index is 0.00000729. The Bertz CT molecular complexity index is 544. The molecule has 162 valence electrons. The van der Waals surface area contributed by atoms with Crippen LogP contribution in [0.4, 0.5) is 0 Å². The molecule has 1 unspecified atom stereocenters. The fourth-order valence-electron chi connectivity index (χ4n) is 2.56. The van der Waals surface area contributed by atoms with Crippen molar-refractivity contribution < 1.29 is 14.2 Å². The van der Waals surface area contributed by atoms with Crippen LogP contribution in [-0.4, -0.2) is 78.6 Å². The number of nitrogens with zero attached hydrogens (tertiary/aromatic N) is 2. The van der Waals surface area contributed by atoms with E-state index in [1.807, 2.05) is 12.1 Å². The molecule has 2 N–H and O–H groups in total. The van der Waals surface area contributed by atoms with E-state index in [2.05, 4.69) is 48.7 Å².